The Morgan fingerprint density at radius 2 is 1.94 bits per heavy atom. The lowest BCUT2D eigenvalue weighted by atomic mass is 10.1. The molecule has 0 atom stereocenters. The number of hydrogen-bond acceptors (Lipinski definition) is 4. The van der Waals surface area contributed by atoms with Crippen LogP contribution in [0.5, 0.6) is 5.75 Å². The quantitative estimate of drug-likeness (QED) is 0.720. The number of H-pyrrole nitrogens is 1. The van der Waals surface area contributed by atoms with Gasteiger partial charge in [-0.3, -0.25) is 0 Å². The first-order valence-corrected chi connectivity index (χ1v) is 5.51. The summed E-state index contributed by atoms with van der Waals surface area (Å²) in [5.74, 6) is 1.31. The molecular formula is C13H12N4O. The topological polar surface area (TPSA) is 76.8 Å². The molecule has 0 radical (unpaired) electrons. The number of fused-ring (bicyclic) bond motifs is 1. The second-order valence-electron chi connectivity index (χ2n) is 3.93. The van der Waals surface area contributed by atoms with E-state index in [0.29, 0.717) is 5.82 Å². The first-order valence-electron chi connectivity index (χ1n) is 5.51. The molecule has 0 bridgehead atoms. The van der Waals surface area contributed by atoms with Crippen molar-refractivity contribution in [2.45, 2.75) is 0 Å². The molecule has 0 aliphatic rings. The third kappa shape index (κ3) is 1.66. The summed E-state index contributed by atoms with van der Waals surface area (Å²) in [6, 6.07) is 9.73. The summed E-state index contributed by atoms with van der Waals surface area (Å²) in [6.45, 7) is 0. The van der Waals surface area contributed by atoms with Gasteiger partial charge in [0.25, 0.3) is 0 Å². The highest BCUT2D eigenvalue weighted by Gasteiger charge is 2.07. The van der Waals surface area contributed by atoms with E-state index >= 15 is 0 Å². The van der Waals surface area contributed by atoms with Gasteiger partial charge in [0.15, 0.2) is 0 Å². The van der Waals surface area contributed by atoms with Gasteiger partial charge in [-0.05, 0) is 35.9 Å². The molecule has 0 saturated heterocycles. The van der Waals surface area contributed by atoms with Gasteiger partial charge >= 0.3 is 0 Å². The largest absolute Gasteiger partial charge is 0.497 e. The smallest absolute Gasteiger partial charge is 0.143 e. The molecule has 3 N–H and O–H groups in total. The molecule has 0 unspecified atom stereocenters. The molecule has 3 aromatic rings. The van der Waals surface area contributed by atoms with Crippen molar-refractivity contribution in [3.8, 4) is 17.0 Å². The van der Waals surface area contributed by atoms with Crippen molar-refractivity contribution in [2.75, 3.05) is 12.8 Å². The number of aromatic nitrogens is 3. The molecule has 2 aromatic heterocycles. The molecule has 18 heavy (non-hydrogen) atoms. The van der Waals surface area contributed by atoms with Gasteiger partial charge in [0.05, 0.1) is 12.5 Å². The fourth-order valence-corrected chi connectivity index (χ4v) is 1.89. The zero-order valence-corrected chi connectivity index (χ0v) is 9.84. The summed E-state index contributed by atoms with van der Waals surface area (Å²) >= 11 is 0. The van der Waals surface area contributed by atoms with Crippen LogP contribution in [0.3, 0.4) is 0 Å². The van der Waals surface area contributed by atoms with Gasteiger partial charge in [-0.15, -0.1) is 0 Å². The number of benzene rings is 1. The molecule has 0 fully saturated rings. The normalized spacial score (nSPS) is 10.7. The number of nitrogens with zero attached hydrogens (tertiary/aromatic N) is 2. The highest BCUT2D eigenvalue weighted by Crippen LogP contribution is 2.26. The maximum Gasteiger partial charge on any atom is 0.143 e. The Labute approximate surface area is 104 Å². The summed E-state index contributed by atoms with van der Waals surface area (Å²) < 4.78 is 5.13. The van der Waals surface area contributed by atoms with Crippen molar-refractivity contribution in [2.24, 2.45) is 0 Å². The highest BCUT2D eigenvalue weighted by molar-refractivity contribution is 5.90. The third-order valence-electron chi connectivity index (χ3n) is 2.86. The van der Waals surface area contributed by atoms with Crippen LogP contribution in [-0.2, 0) is 0 Å². The van der Waals surface area contributed by atoms with E-state index in [2.05, 4.69) is 15.0 Å². The van der Waals surface area contributed by atoms with E-state index < -0.39 is 0 Å². The van der Waals surface area contributed by atoms with Crippen LogP contribution in [0.25, 0.3) is 22.3 Å². The molecule has 90 valence electrons. The second kappa shape index (κ2) is 4.03. The Morgan fingerprint density at radius 3 is 2.61 bits per heavy atom. The van der Waals surface area contributed by atoms with Crippen molar-refractivity contribution in [3.05, 3.63) is 36.7 Å². The van der Waals surface area contributed by atoms with E-state index in [1.807, 2.05) is 30.3 Å². The molecule has 2 heterocycles. The van der Waals surface area contributed by atoms with Gasteiger partial charge in [0.1, 0.15) is 23.5 Å². The van der Waals surface area contributed by atoms with Gasteiger partial charge < -0.3 is 15.5 Å². The van der Waals surface area contributed by atoms with Crippen LogP contribution in [0.2, 0.25) is 0 Å². The Morgan fingerprint density at radius 1 is 1.17 bits per heavy atom. The number of rotatable bonds is 2. The average Bonchev–Trinajstić information content (AvgIpc) is 2.84. The van der Waals surface area contributed by atoms with E-state index in [4.69, 9.17) is 10.5 Å². The summed E-state index contributed by atoms with van der Waals surface area (Å²) in [5, 5.41) is 0.836. The van der Waals surface area contributed by atoms with E-state index in [-0.39, 0.29) is 0 Å². The summed E-state index contributed by atoms with van der Waals surface area (Å²) in [5.41, 5.74) is 8.55. The van der Waals surface area contributed by atoms with E-state index in [1.54, 1.807) is 7.11 Å². The van der Waals surface area contributed by atoms with Crippen LogP contribution in [0, 0.1) is 0 Å². The second-order valence-corrected chi connectivity index (χ2v) is 3.93. The first-order chi connectivity index (χ1) is 8.78. The maximum atomic E-state index is 5.80. The average molecular weight is 240 g/mol. The minimum absolute atomic E-state index is 0.482. The van der Waals surface area contributed by atoms with E-state index in [0.717, 1.165) is 28.0 Å². The number of nitrogen functional groups attached to an aromatic ring is 1. The Hall–Kier alpha value is -2.56. The molecule has 1 aromatic carbocycles. The van der Waals surface area contributed by atoms with Crippen molar-refractivity contribution in [1.29, 1.82) is 0 Å². The lowest BCUT2D eigenvalue weighted by molar-refractivity contribution is 0.415. The zero-order valence-electron chi connectivity index (χ0n) is 9.84. The number of ether oxygens (including phenoxy) is 1. The Bertz CT molecular complexity index is 688. The van der Waals surface area contributed by atoms with Crippen LogP contribution in [0.4, 0.5) is 5.82 Å². The van der Waals surface area contributed by atoms with Gasteiger partial charge in [-0.1, -0.05) is 0 Å². The summed E-state index contributed by atoms with van der Waals surface area (Å²) in [7, 11) is 1.65. The van der Waals surface area contributed by atoms with Gasteiger partial charge in [-0.25, -0.2) is 9.97 Å². The Balaban J connectivity index is 2.10. The summed E-state index contributed by atoms with van der Waals surface area (Å²) in [4.78, 5) is 11.3. The SMILES string of the molecule is COc1ccc(-c2cc3c(N)ncnc3[nH]2)cc1. The highest BCUT2D eigenvalue weighted by atomic mass is 16.5. The number of anilines is 1. The third-order valence-corrected chi connectivity index (χ3v) is 2.86. The zero-order chi connectivity index (χ0) is 12.5. The monoisotopic (exact) mass is 240 g/mol. The predicted octanol–water partition coefficient (Wildman–Crippen LogP) is 2.22. The van der Waals surface area contributed by atoms with Crippen LogP contribution in [-0.4, -0.2) is 22.1 Å². The predicted molar refractivity (Wildman–Crippen MR) is 70.3 cm³/mol. The number of aromatic amines is 1. The van der Waals surface area contributed by atoms with Gasteiger partial charge in [-0.2, -0.15) is 0 Å². The number of nitrogens with one attached hydrogen (secondary N) is 1. The molecule has 3 rings (SSSR count). The van der Waals surface area contributed by atoms with Crippen molar-refractivity contribution < 1.29 is 4.74 Å². The van der Waals surface area contributed by atoms with Gasteiger partial charge in [0, 0.05) is 5.69 Å². The standard InChI is InChI=1S/C13H12N4O/c1-18-9-4-2-8(3-5-9)11-6-10-12(14)15-7-16-13(10)17-11/h2-7H,1H3,(H3,14,15,16,17). The lowest BCUT2D eigenvalue weighted by Gasteiger charge is -2.00. The maximum absolute atomic E-state index is 5.80. The summed E-state index contributed by atoms with van der Waals surface area (Å²) in [6.07, 6.45) is 1.45. The van der Waals surface area contributed by atoms with Crippen molar-refractivity contribution in [1.82, 2.24) is 15.0 Å². The molecule has 5 heteroatoms. The van der Waals surface area contributed by atoms with Crippen molar-refractivity contribution >= 4 is 16.9 Å². The van der Waals surface area contributed by atoms with E-state index in [1.165, 1.54) is 6.33 Å². The van der Waals surface area contributed by atoms with Crippen LogP contribution >= 0.6 is 0 Å². The Kier molecular flexibility index (Phi) is 2.37. The van der Waals surface area contributed by atoms with Crippen LogP contribution in [0.15, 0.2) is 36.7 Å². The number of methoxy groups -OCH3 is 1. The molecule has 0 aliphatic carbocycles. The molecule has 0 saturated carbocycles. The number of nitrogens with two attached hydrogens (primary N) is 1. The van der Waals surface area contributed by atoms with E-state index in [9.17, 15) is 0 Å². The molecule has 0 aliphatic heterocycles. The van der Waals surface area contributed by atoms with Crippen molar-refractivity contribution in [3.63, 3.8) is 0 Å². The first kappa shape index (κ1) is 10.6. The van der Waals surface area contributed by atoms with Crippen LogP contribution in [0.1, 0.15) is 0 Å². The molecule has 5 nitrogen and oxygen atoms in total. The van der Waals surface area contributed by atoms with Crippen LogP contribution < -0.4 is 10.5 Å². The molecule has 0 amide bonds. The minimum atomic E-state index is 0.482. The van der Waals surface area contributed by atoms with Gasteiger partial charge in [0.2, 0.25) is 0 Å². The fourth-order valence-electron chi connectivity index (χ4n) is 1.89. The minimum Gasteiger partial charge on any atom is -0.497 e. The fraction of sp³-hybridized carbons (Fsp3) is 0.0769. The lowest BCUT2D eigenvalue weighted by Crippen LogP contribution is -1.90. The number of hydrogen-bond donors (Lipinski definition) is 2. The molecular weight excluding hydrogens is 228 g/mol. The molecule has 0 spiro atoms.